The molecule has 0 bridgehead atoms. The minimum absolute atomic E-state index is 0.0449. The summed E-state index contributed by atoms with van der Waals surface area (Å²) in [5.41, 5.74) is 3.59. The molecular formula is C26H28O3Te. The second kappa shape index (κ2) is 11.6. The average Bonchev–Trinajstić information content (AvgIpc) is 2.82. The predicted octanol–water partition coefficient (Wildman–Crippen LogP) is 5.30. The molecule has 0 aromatic heterocycles. The summed E-state index contributed by atoms with van der Waals surface area (Å²) in [6.45, 7) is 1.83. The molecule has 1 aliphatic rings. The zero-order chi connectivity index (χ0) is 20.4. The van der Waals surface area contributed by atoms with Gasteiger partial charge in [-0.1, -0.05) is 0 Å². The van der Waals surface area contributed by atoms with Gasteiger partial charge in [0.1, 0.15) is 0 Å². The standard InChI is InChI=1S/C26H28O3Te/c1-4-10-21(11-5-1)16-27-24-19-30-20-25(28-17-22-12-6-2-7-13-22)26(24)29-18-23-14-8-3-9-15-23/h1-15,24-26H,16-20H2/t24-,25-/m1/s1. The fourth-order valence-corrected chi connectivity index (χ4v) is 6.90. The summed E-state index contributed by atoms with van der Waals surface area (Å²) < 4.78 is 21.5. The Balaban J connectivity index is 1.42. The van der Waals surface area contributed by atoms with E-state index in [1.54, 1.807) is 0 Å². The van der Waals surface area contributed by atoms with E-state index < -0.39 is 0 Å². The number of ether oxygens (including phenoxy) is 3. The summed E-state index contributed by atoms with van der Waals surface area (Å²) in [6, 6.07) is 31.1. The molecule has 0 amide bonds. The van der Waals surface area contributed by atoms with E-state index in [9.17, 15) is 0 Å². The second-order valence-corrected chi connectivity index (χ2v) is 10.5. The Kier molecular flexibility index (Phi) is 8.37. The molecule has 0 radical (unpaired) electrons. The fourth-order valence-electron chi connectivity index (χ4n) is 3.55. The molecule has 0 saturated carbocycles. The Labute approximate surface area is 189 Å². The molecule has 4 heteroatoms. The number of hydrogen-bond acceptors (Lipinski definition) is 3. The van der Waals surface area contributed by atoms with Gasteiger partial charge >= 0.3 is 190 Å². The Morgan fingerprint density at radius 1 is 0.533 bits per heavy atom. The molecule has 3 aromatic carbocycles. The molecule has 1 heterocycles. The molecule has 30 heavy (non-hydrogen) atoms. The molecule has 1 aliphatic heterocycles. The molecular weight excluding hydrogens is 488 g/mol. The van der Waals surface area contributed by atoms with E-state index in [4.69, 9.17) is 14.2 Å². The maximum absolute atomic E-state index is 6.44. The van der Waals surface area contributed by atoms with E-state index in [1.807, 2.05) is 18.2 Å². The van der Waals surface area contributed by atoms with Crippen LogP contribution in [0.5, 0.6) is 0 Å². The first-order valence-electron chi connectivity index (χ1n) is 10.4. The second-order valence-electron chi connectivity index (χ2n) is 7.47. The van der Waals surface area contributed by atoms with Crippen molar-refractivity contribution in [2.24, 2.45) is 0 Å². The van der Waals surface area contributed by atoms with Crippen LogP contribution in [0.4, 0.5) is 0 Å². The zero-order valence-corrected chi connectivity index (χ0v) is 19.4. The molecule has 0 unspecified atom stereocenters. The molecule has 0 aliphatic carbocycles. The first kappa shape index (κ1) is 21.6. The molecule has 3 nitrogen and oxygen atoms in total. The zero-order valence-electron chi connectivity index (χ0n) is 17.1. The van der Waals surface area contributed by atoms with E-state index in [-0.39, 0.29) is 39.2 Å². The Morgan fingerprint density at radius 2 is 0.900 bits per heavy atom. The summed E-state index contributed by atoms with van der Waals surface area (Å²) in [4.78, 5) is 0. The van der Waals surface area contributed by atoms with Crippen molar-refractivity contribution in [3.63, 3.8) is 0 Å². The first-order chi connectivity index (χ1) is 14.9. The first-order valence-corrected chi connectivity index (χ1v) is 13.7. The van der Waals surface area contributed by atoms with E-state index in [2.05, 4.69) is 72.8 Å². The quantitative estimate of drug-likeness (QED) is 0.362. The predicted molar refractivity (Wildman–Crippen MR) is 120 cm³/mol. The number of benzene rings is 3. The van der Waals surface area contributed by atoms with E-state index in [0.29, 0.717) is 19.8 Å². The number of hydrogen-bond donors (Lipinski definition) is 0. The van der Waals surface area contributed by atoms with Crippen molar-refractivity contribution in [3.8, 4) is 0 Å². The van der Waals surface area contributed by atoms with E-state index in [0.717, 1.165) is 8.94 Å². The fraction of sp³-hybridized carbons (Fsp3) is 0.308. The number of rotatable bonds is 9. The van der Waals surface area contributed by atoms with Crippen LogP contribution in [0.25, 0.3) is 0 Å². The van der Waals surface area contributed by atoms with Crippen LogP contribution in [0, 0.1) is 0 Å². The van der Waals surface area contributed by atoms with Crippen molar-refractivity contribution in [3.05, 3.63) is 108 Å². The monoisotopic (exact) mass is 518 g/mol. The van der Waals surface area contributed by atoms with Crippen molar-refractivity contribution < 1.29 is 14.2 Å². The van der Waals surface area contributed by atoms with Gasteiger partial charge in [0.2, 0.25) is 0 Å². The van der Waals surface area contributed by atoms with Crippen LogP contribution in [0.15, 0.2) is 91.0 Å². The van der Waals surface area contributed by atoms with Crippen LogP contribution < -0.4 is 0 Å². The van der Waals surface area contributed by atoms with Crippen molar-refractivity contribution >= 4 is 20.9 Å². The van der Waals surface area contributed by atoms with Gasteiger partial charge < -0.3 is 0 Å². The van der Waals surface area contributed by atoms with Crippen molar-refractivity contribution in [2.45, 2.75) is 47.1 Å². The Morgan fingerprint density at radius 3 is 1.30 bits per heavy atom. The summed E-state index contributed by atoms with van der Waals surface area (Å²) >= 11 is -0.144. The average molecular weight is 516 g/mol. The van der Waals surface area contributed by atoms with Crippen LogP contribution in [-0.2, 0) is 34.0 Å². The molecule has 0 spiro atoms. The summed E-state index contributed by atoms with van der Waals surface area (Å²) in [6.07, 6.45) is 0.133. The summed E-state index contributed by atoms with van der Waals surface area (Å²) in [5.74, 6) is 0. The molecule has 1 saturated heterocycles. The molecule has 0 N–H and O–H groups in total. The molecule has 4 rings (SSSR count). The Bertz CT molecular complexity index is 806. The molecule has 1 fully saturated rings. The van der Waals surface area contributed by atoms with Gasteiger partial charge in [-0.05, 0) is 0 Å². The van der Waals surface area contributed by atoms with Gasteiger partial charge in [0.25, 0.3) is 0 Å². The third-order valence-corrected chi connectivity index (χ3v) is 8.42. The Hall–Kier alpha value is -1.67. The molecule has 156 valence electrons. The molecule has 2 atom stereocenters. The van der Waals surface area contributed by atoms with Gasteiger partial charge in [0.15, 0.2) is 0 Å². The normalized spacial score (nSPS) is 19.6. The maximum atomic E-state index is 6.44. The summed E-state index contributed by atoms with van der Waals surface area (Å²) in [7, 11) is 0. The van der Waals surface area contributed by atoms with Gasteiger partial charge in [-0.25, -0.2) is 0 Å². The van der Waals surface area contributed by atoms with Crippen molar-refractivity contribution in [1.29, 1.82) is 0 Å². The molecule has 3 aromatic rings. The van der Waals surface area contributed by atoms with E-state index in [1.165, 1.54) is 16.7 Å². The van der Waals surface area contributed by atoms with Gasteiger partial charge in [-0.15, -0.1) is 0 Å². The van der Waals surface area contributed by atoms with Gasteiger partial charge in [0, 0.05) is 0 Å². The minimum atomic E-state index is -0.144. The summed E-state index contributed by atoms with van der Waals surface area (Å²) in [5, 5.41) is 0. The van der Waals surface area contributed by atoms with Gasteiger partial charge in [0.05, 0.1) is 0 Å². The third kappa shape index (κ3) is 6.41. The van der Waals surface area contributed by atoms with Crippen LogP contribution in [0.3, 0.4) is 0 Å². The van der Waals surface area contributed by atoms with Crippen LogP contribution in [0.1, 0.15) is 16.7 Å². The topological polar surface area (TPSA) is 27.7 Å². The van der Waals surface area contributed by atoms with Gasteiger partial charge in [-0.3, -0.25) is 0 Å². The van der Waals surface area contributed by atoms with E-state index >= 15 is 0 Å². The third-order valence-electron chi connectivity index (χ3n) is 5.20. The van der Waals surface area contributed by atoms with Gasteiger partial charge in [-0.2, -0.15) is 0 Å². The van der Waals surface area contributed by atoms with Crippen molar-refractivity contribution in [2.75, 3.05) is 0 Å². The van der Waals surface area contributed by atoms with Crippen LogP contribution >= 0.6 is 0 Å². The van der Waals surface area contributed by atoms with Crippen LogP contribution in [0.2, 0.25) is 8.94 Å². The van der Waals surface area contributed by atoms with Crippen LogP contribution in [-0.4, -0.2) is 39.2 Å². The van der Waals surface area contributed by atoms with Crippen molar-refractivity contribution in [1.82, 2.24) is 0 Å². The SMILES string of the molecule is c1ccc(COC2[C@H](OCc3ccccc3)C[Te]C[C@H]2OCc2ccccc2)cc1.